The highest BCUT2D eigenvalue weighted by molar-refractivity contribution is 7.22. The molecule has 0 aliphatic heterocycles. The maximum Gasteiger partial charge on any atom is 0.260 e. The number of pyridine rings is 1. The number of aromatic nitrogens is 1. The van der Waals surface area contributed by atoms with E-state index in [2.05, 4.69) is 4.98 Å². The second-order valence-electron chi connectivity index (χ2n) is 6.52. The molecule has 0 fully saturated rings. The third-order valence-corrected chi connectivity index (χ3v) is 6.29. The largest absolute Gasteiger partial charge is 0.506 e. The lowest BCUT2D eigenvalue weighted by Gasteiger charge is -2.08. The first-order valence-electron chi connectivity index (χ1n) is 8.73. The van der Waals surface area contributed by atoms with Crippen LogP contribution in [0.25, 0.3) is 21.3 Å². The number of methoxy groups -OCH3 is 1. The molecule has 29 heavy (non-hydrogen) atoms. The van der Waals surface area contributed by atoms with Gasteiger partial charge in [-0.1, -0.05) is 29.8 Å². The maximum absolute atomic E-state index is 12.9. The molecule has 2 heterocycles. The molecule has 0 amide bonds. The van der Waals surface area contributed by atoms with Gasteiger partial charge in [-0.15, -0.1) is 11.3 Å². The number of hydrogen-bond acceptors (Lipinski definition) is 5. The molecule has 0 radical (unpaired) electrons. The summed E-state index contributed by atoms with van der Waals surface area (Å²) in [4.78, 5) is 28.8. The number of carbonyl (C=O) groups is 1. The summed E-state index contributed by atoms with van der Waals surface area (Å²) in [5.41, 5.74) is 1.73. The van der Waals surface area contributed by atoms with Crippen molar-refractivity contribution >= 4 is 38.9 Å². The zero-order valence-electron chi connectivity index (χ0n) is 15.6. The number of benzene rings is 2. The average Bonchev–Trinajstić information content (AvgIpc) is 3.01. The molecule has 7 heteroatoms. The smallest absolute Gasteiger partial charge is 0.260 e. The van der Waals surface area contributed by atoms with E-state index < -0.39 is 5.56 Å². The van der Waals surface area contributed by atoms with Crippen molar-refractivity contribution in [3.05, 3.63) is 79.9 Å². The van der Waals surface area contributed by atoms with Crippen molar-refractivity contribution in [2.45, 2.75) is 6.92 Å². The summed E-state index contributed by atoms with van der Waals surface area (Å²) in [6.07, 6.45) is 0. The van der Waals surface area contributed by atoms with Crippen LogP contribution in [0.15, 0.2) is 53.3 Å². The standard InChI is InChI=1S/C22H16ClNO4S/c1-11-16-19(26)17(21(27)24-22(16)29-20(11)23)13-4-3-5-14(10-13)18(25)12-6-8-15(28-2)9-7-12/h3-10H,1-2H3,(H2,24,26,27). The van der Waals surface area contributed by atoms with Gasteiger partial charge in [-0.05, 0) is 48.4 Å². The third-order valence-electron chi connectivity index (χ3n) is 4.78. The minimum absolute atomic E-state index is 0.111. The summed E-state index contributed by atoms with van der Waals surface area (Å²) in [7, 11) is 1.56. The number of carbonyl (C=O) groups excluding carboxylic acids is 1. The zero-order chi connectivity index (χ0) is 20.7. The molecule has 0 saturated heterocycles. The molecule has 0 unspecified atom stereocenters. The molecule has 0 bridgehead atoms. The number of rotatable bonds is 4. The molecule has 2 aromatic heterocycles. The summed E-state index contributed by atoms with van der Waals surface area (Å²) >= 11 is 7.37. The maximum atomic E-state index is 12.9. The number of aromatic amines is 1. The van der Waals surface area contributed by atoms with Crippen LogP contribution in [0.2, 0.25) is 4.34 Å². The Morgan fingerprint density at radius 1 is 1.14 bits per heavy atom. The quantitative estimate of drug-likeness (QED) is 0.442. The fourth-order valence-corrected chi connectivity index (χ4v) is 4.51. The lowest BCUT2D eigenvalue weighted by atomic mass is 9.97. The third kappa shape index (κ3) is 3.30. The molecular formula is C22H16ClNO4S. The lowest BCUT2D eigenvalue weighted by molar-refractivity contribution is 0.103. The molecule has 4 rings (SSSR count). The molecule has 4 aromatic rings. The van der Waals surface area contributed by atoms with Gasteiger partial charge in [0.2, 0.25) is 0 Å². The highest BCUT2D eigenvalue weighted by Crippen LogP contribution is 2.41. The van der Waals surface area contributed by atoms with Crippen molar-refractivity contribution in [2.75, 3.05) is 7.11 Å². The minimum Gasteiger partial charge on any atom is -0.506 e. The Hall–Kier alpha value is -3.09. The summed E-state index contributed by atoms with van der Waals surface area (Å²) in [5, 5.41) is 11.3. The zero-order valence-corrected chi connectivity index (χ0v) is 17.1. The fraction of sp³-hybridized carbons (Fsp3) is 0.0909. The van der Waals surface area contributed by atoms with E-state index in [9.17, 15) is 14.7 Å². The molecule has 146 valence electrons. The van der Waals surface area contributed by atoms with E-state index in [-0.39, 0.29) is 17.1 Å². The monoisotopic (exact) mass is 425 g/mol. The number of hydrogen-bond donors (Lipinski definition) is 2. The fourth-order valence-electron chi connectivity index (χ4n) is 3.25. The van der Waals surface area contributed by atoms with E-state index in [0.29, 0.717) is 42.6 Å². The highest BCUT2D eigenvalue weighted by atomic mass is 35.5. The van der Waals surface area contributed by atoms with Crippen molar-refractivity contribution in [3.63, 3.8) is 0 Å². The Kier molecular flexibility index (Phi) is 4.90. The van der Waals surface area contributed by atoms with Crippen molar-refractivity contribution in [1.82, 2.24) is 4.98 Å². The van der Waals surface area contributed by atoms with Crippen LogP contribution in [0.3, 0.4) is 0 Å². The van der Waals surface area contributed by atoms with Gasteiger partial charge in [0.25, 0.3) is 5.56 Å². The number of H-pyrrole nitrogens is 1. The first-order chi connectivity index (χ1) is 13.9. The van der Waals surface area contributed by atoms with Crippen LogP contribution in [0.4, 0.5) is 0 Å². The molecule has 0 aliphatic rings. The van der Waals surface area contributed by atoms with Gasteiger partial charge in [0.05, 0.1) is 22.4 Å². The van der Waals surface area contributed by atoms with E-state index in [1.165, 1.54) is 11.3 Å². The SMILES string of the molecule is COc1ccc(C(=O)c2cccc(-c3c(O)c4c(C)c(Cl)sc4[nH]c3=O)c2)cc1. The summed E-state index contributed by atoms with van der Waals surface area (Å²) in [5.74, 6) is 0.324. The second-order valence-corrected chi connectivity index (χ2v) is 8.14. The summed E-state index contributed by atoms with van der Waals surface area (Å²) in [6.45, 7) is 1.78. The van der Waals surface area contributed by atoms with Gasteiger partial charge in [0.15, 0.2) is 5.78 Å². The van der Waals surface area contributed by atoms with Crippen molar-refractivity contribution in [3.8, 4) is 22.6 Å². The number of nitrogens with one attached hydrogen (secondary N) is 1. The van der Waals surface area contributed by atoms with Gasteiger partial charge < -0.3 is 14.8 Å². The number of thiophene rings is 1. The van der Waals surface area contributed by atoms with Crippen LogP contribution in [0.1, 0.15) is 21.5 Å². The Balaban J connectivity index is 1.82. The molecule has 2 aromatic carbocycles. The van der Waals surface area contributed by atoms with Crippen LogP contribution >= 0.6 is 22.9 Å². The number of halogens is 1. The molecule has 2 N–H and O–H groups in total. The van der Waals surface area contributed by atoms with Crippen molar-refractivity contribution in [1.29, 1.82) is 0 Å². The van der Waals surface area contributed by atoms with Crippen LogP contribution < -0.4 is 10.3 Å². The van der Waals surface area contributed by atoms with Gasteiger partial charge in [0, 0.05) is 11.1 Å². The van der Waals surface area contributed by atoms with Gasteiger partial charge in [-0.3, -0.25) is 9.59 Å². The van der Waals surface area contributed by atoms with Gasteiger partial charge >= 0.3 is 0 Å². The van der Waals surface area contributed by atoms with Gasteiger partial charge in [-0.25, -0.2) is 0 Å². The summed E-state index contributed by atoms with van der Waals surface area (Å²) in [6, 6.07) is 13.4. The molecule has 0 saturated carbocycles. The number of ketones is 1. The Morgan fingerprint density at radius 2 is 1.86 bits per heavy atom. The predicted octanol–water partition coefficient (Wildman–Crippen LogP) is 5.16. The Labute approximate surface area is 175 Å². The van der Waals surface area contributed by atoms with Crippen LogP contribution in [0, 0.1) is 6.92 Å². The van der Waals surface area contributed by atoms with Crippen LogP contribution in [-0.4, -0.2) is 23.0 Å². The van der Waals surface area contributed by atoms with E-state index in [1.54, 1.807) is 62.6 Å². The van der Waals surface area contributed by atoms with Crippen LogP contribution in [0.5, 0.6) is 11.5 Å². The van der Waals surface area contributed by atoms with Crippen molar-refractivity contribution in [2.24, 2.45) is 0 Å². The highest BCUT2D eigenvalue weighted by Gasteiger charge is 2.20. The Bertz CT molecular complexity index is 1310. The molecule has 0 spiro atoms. The van der Waals surface area contributed by atoms with E-state index >= 15 is 0 Å². The van der Waals surface area contributed by atoms with Gasteiger partial charge in [-0.2, -0.15) is 0 Å². The summed E-state index contributed by atoms with van der Waals surface area (Å²) < 4.78 is 5.62. The normalized spacial score (nSPS) is 11.0. The second kappa shape index (κ2) is 7.39. The number of ether oxygens (including phenoxy) is 1. The topological polar surface area (TPSA) is 79.4 Å². The molecule has 0 atom stereocenters. The minimum atomic E-state index is -0.443. The molecular weight excluding hydrogens is 410 g/mol. The van der Waals surface area contributed by atoms with Gasteiger partial charge in [0.1, 0.15) is 16.3 Å². The Morgan fingerprint density at radius 3 is 2.55 bits per heavy atom. The van der Waals surface area contributed by atoms with E-state index in [1.807, 2.05) is 0 Å². The first kappa shape index (κ1) is 19.2. The first-order valence-corrected chi connectivity index (χ1v) is 9.93. The van der Waals surface area contributed by atoms with Crippen LogP contribution in [-0.2, 0) is 0 Å². The molecule has 5 nitrogen and oxygen atoms in total. The predicted molar refractivity (Wildman–Crippen MR) is 116 cm³/mol. The van der Waals surface area contributed by atoms with E-state index in [0.717, 1.165) is 0 Å². The van der Waals surface area contributed by atoms with E-state index in [4.69, 9.17) is 16.3 Å². The molecule has 0 aliphatic carbocycles. The number of aryl methyl sites for hydroxylation is 1. The number of fused-ring (bicyclic) bond motifs is 1. The average molecular weight is 426 g/mol. The lowest BCUT2D eigenvalue weighted by Crippen LogP contribution is -2.09. The van der Waals surface area contributed by atoms with Crippen molar-refractivity contribution < 1.29 is 14.6 Å². The number of aromatic hydroxyl groups is 1.